The number of aromatic nitrogens is 3. The summed E-state index contributed by atoms with van der Waals surface area (Å²) in [5, 5.41) is 2.60. The quantitative estimate of drug-likeness (QED) is 0.743. The van der Waals surface area contributed by atoms with E-state index in [9.17, 15) is 0 Å². The third-order valence-electron chi connectivity index (χ3n) is 2.14. The van der Waals surface area contributed by atoms with Crippen LogP contribution in [0.2, 0.25) is 0 Å². The van der Waals surface area contributed by atoms with Crippen LogP contribution in [0.4, 0.5) is 0 Å². The van der Waals surface area contributed by atoms with Crippen LogP contribution in [0, 0.1) is 12.3 Å². The fraction of sp³-hybridized carbons (Fsp3) is 0.250. The second-order valence-corrected chi connectivity index (χ2v) is 4.49. The molecule has 0 aliphatic carbocycles. The molecule has 0 N–H and O–H groups in total. The predicted molar refractivity (Wildman–Crippen MR) is 65.2 cm³/mol. The lowest BCUT2D eigenvalue weighted by molar-refractivity contribution is 0.814. The molecule has 0 fully saturated rings. The van der Waals surface area contributed by atoms with Crippen LogP contribution in [0.1, 0.15) is 30.5 Å². The van der Waals surface area contributed by atoms with Gasteiger partial charge in [-0.25, -0.2) is 4.98 Å². The van der Waals surface area contributed by atoms with E-state index in [0.717, 1.165) is 17.1 Å². The van der Waals surface area contributed by atoms with E-state index in [2.05, 4.69) is 34.7 Å². The smallest absolute Gasteiger partial charge is 0.167 e. The van der Waals surface area contributed by atoms with Crippen molar-refractivity contribution < 1.29 is 0 Å². The Morgan fingerprint density at radius 1 is 1.31 bits per heavy atom. The molecule has 2 aromatic rings. The van der Waals surface area contributed by atoms with Crippen molar-refractivity contribution in [3.8, 4) is 23.7 Å². The van der Waals surface area contributed by atoms with Crippen molar-refractivity contribution in [2.24, 2.45) is 0 Å². The standard InChI is InChI=1S/C12H11N3S/c1-4-10-15-9(7-16-10)12-11(8(2)3)13-5-6-14-12/h1,5-8H,2-3H3. The minimum atomic E-state index is 0.319. The van der Waals surface area contributed by atoms with Gasteiger partial charge in [-0.2, -0.15) is 0 Å². The summed E-state index contributed by atoms with van der Waals surface area (Å²) in [5.41, 5.74) is 2.60. The van der Waals surface area contributed by atoms with E-state index in [-0.39, 0.29) is 0 Å². The third kappa shape index (κ3) is 1.95. The van der Waals surface area contributed by atoms with Gasteiger partial charge in [0.1, 0.15) is 11.4 Å². The third-order valence-corrected chi connectivity index (χ3v) is 2.92. The number of terminal acetylenes is 1. The van der Waals surface area contributed by atoms with Crippen LogP contribution in [0.5, 0.6) is 0 Å². The summed E-state index contributed by atoms with van der Waals surface area (Å²) in [6.07, 6.45) is 8.68. The SMILES string of the molecule is C#Cc1nc(-c2nccnc2C(C)C)cs1. The molecule has 0 bridgehead atoms. The first-order chi connectivity index (χ1) is 7.72. The van der Waals surface area contributed by atoms with E-state index in [0.29, 0.717) is 10.9 Å². The van der Waals surface area contributed by atoms with Gasteiger partial charge in [-0.1, -0.05) is 13.8 Å². The van der Waals surface area contributed by atoms with Crippen LogP contribution >= 0.6 is 11.3 Å². The lowest BCUT2D eigenvalue weighted by atomic mass is 10.1. The minimum absolute atomic E-state index is 0.319. The molecule has 0 radical (unpaired) electrons. The Kier molecular flexibility index (Phi) is 2.97. The van der Waals surface area contributed by atoms with Crippen molar-refractivity contribution in [2.45, 2.75) is 19.8 Å². The summed E-state index contributed by atoms with van der Waals surface area (Å²) in [6.45, 7) is 4.17. The summed E-state index contributed by atoms with van der Waals surface area (Å²) in [5.74, 6) is 2.84. The molecule has 0 unspecified atom stereocenters. The van der Waals surface area contributed by atoms with Gasteiger partial charge in [-0.15, -0.1) is 17.8 Å². The summed E-state index contributed by atoms with van der Waals surface area (Å²) in [7, 11) is 0. The van der Waals surface area contributed by atoms with Crippen LogP contribution in [0.25, 0.3) is 11.4 Å². The van der Waals surface area contributed by atoms with Crippen LogP contribution in [0.15, 0.2) is 17.8 Å². The molecule has 4 heteroatoms. The first kappa shape index (κ1) is 10.8. The molecule has 2 heterocycles. The maximum absolute atomic E-state index is 5.30. The average Bonchev–Trinajstić information content (AvgIpc) is 2.77. The molecule has 0 spiro atoms. The fourth-order valence-electron chi connectivity index (χ4n) is 1.42. The minimum Gasteiger partial charge on any atom is -0.257 e. The van der Waals surface area contributed by atoms with Gasteiger partial charge in [-0.05, 0) is 11.8 Å². The number of hydrogen-bond acceptors (Lipinski definition) is 4. The first-order valence-electron chi connectivity index (χ1n) is 4.95. The van der Waals surface area contributed by atoms with Crippen molar-refractivity contribution in [3.63, 3.8) is 0 Å². The second kappa shape index (κ2) is 4.42. The van der Waals surface area contributed by atoms with Gasteiger partial charge in [0, 0.05) is 17.8 Å². The van der Waals surface area contributed by atoms with Crippen molar-refractivity contribution in [1.29, 1.82) is 0 Å². The van der Waals surface area contributed by atoms with E-state index in [1.165, 1.54) is 11.3 Å². The monoisotopic (exact) mass is 229 g/mol. The maximum atomic E-state index is 5.30. The maximum Gasteiger partial charge on any atom is 0.167 e. The summed E-state index contributed by atoms with van der Waals surface area (Å²) >= 11 is 1.45. The molecular formula is C12H11N3S. The molecule has 0 aliphatic rings. The average molecular weight is 229 g/mol. The second-order valence-electron chi connectivity index (χ2n) is 3.63. The lowest BCUT2D eigenvalue weighted by Crippen LogP contribution is -1.98. The molecule has 0 saturated carbocycles. The van der Waals surface area contributed by atoms with Crippen molar-refractivity contribution in [2.75, 3.05) is 0 Å². The van der Waals surface area contributed by atoms with E-state index >= 15 is 0 Å². The van der Waals surface area contributed by atoms with Crippen molar-refractivity contribution in [3.05, 3.63) is 28.5 Å². The molecule has 2 rings (SSSR count). The Labute approximate surface area is 98.6 Å². The number of hydrogen-bond donors (Lipinski definition) is 0. The van der Waals surface area contributed by atoms with Crippen LogP contribution in [-0.2, 0) is 0 Å². The van der Waals surface area contributed by atoms with Gasteiger partial charge in [-0.3, -0.25) is 9.97 Å². The van der Waals surface area contributed by atoms with Gasteiger partial charge in [0.05, 0.1) is 5.69 Å². The van der Waals surface area contributed by atoms with Crippen LogP contribution in [-0.4, -0.2) is 15.0 Å². The Hall–Kier alpha value is -1.73. The number of rotatable bonds is 2. The number of thiazole rings is 1. The number of nitrogens with zero attached hydrogens (tertiary/aromatic N) is 3. The van der Waals surface area contributed by atoms with Gasteiger partial charge in [0.25, 0.3) is 0 Å². The molecule has 3 nitrogen and oxygen atoms in total. The van der Waals surface area contributed by atoms with Gasteiger partial charge < -0.3 is 0 Å². The Morgan fingerprint density at radius 3 is 2.69 bits per heavy atom. The lowest BCUT2D eigenvalue weighted by Gasteiger charge is -2.07. The summed E-state index contributed by atoms with van der Waals surface area (Å²) in [4.78, 5) is 13.0. The topological polar surface area (TPSA) is 38.7 Å². The molecule has 0 saturated heterocycles. The molecular weight excluding hydrogens is 218 g/mol. The Bertz CT molecular complexity index is 537. The molecule has 0 aromatic carbocycles. The zero-order chi connectivity index (χ0) is 11.5. The molecule has 0 amide bonds. The zero-order valence-electron chi connectivity index (χ0n) is 9.14. The molecule has 2 aromatic heterocycles. The highest BCUT2D eigenvalue weighted by Crippen LogP contribution is 2.25. The molecule has 80 valence electrons. The highest BCUT2D eigenvalue weighted by atomic mass is 32.1. The fourth-order valence-corrected chi connectivity index (χ4v) is 2.02. The molecule has 0 atom stereocenters. The Morgan fingerprint density at radius 2 is 2.06 bits per heavy atom. The van der Waals surface area contributed by atoms with E-state index < -0.39 is 0 Å². The zero-order valence-corrected chi connectivity index (χ0v) is 9.95. The normalized spacial score (nSPS) is 10.4. The highest BCUT2D eigenvalue weighted by Gasteiger charge is 2.13. The van der Waals surface area contributed by atoms with Crippen LogP contribution < -0.4 is 0 Å². The predicted octanol–water partition coefficient (Wildman–Crippen LogP) is 2.70. The van der Waals surface area contributed by atoms with Gasteiger partial charge >= 0.3 is 0 Å². The summed E-state index contributed by atoms with van der Waals surface area (Å²) in [6, 6.07) is 0. The Balaban J connectivity index is 2.52. The van der Waals surface area contributed by atoms with Gasteiger partial charge in [0.15, 0.2) is 5.01 Å². The summed E-state index contributed by atoms with van der Waals surface area (Å²) < 4.78 is 0. The van der Waals surface area contributed by atoms with E-state index in [1.807, 2.05) is 5.38 Å². The first-order valence-corrected chi connectivity index (χ1v) is 5.83. The molecule has 16 heavy (non-hydrogen) atoms. The van der Waals surface area contributed by atoms with E-state index in [1.54, 1.807) is 12.4 Å². The largest absolute Gasteiger partial charge is 0.257 e. The van der Waals surface area contributed by atoms with Gasteiger partial charge in [0.2, 0.25) is 0 Å². The highest BCUT2D eigenvalue weighted by molar-refractivity contribution is 7.10. The van der Waals surface area contributed by atoms with E-state index in [4.69, 9.17) is 6.42 Å². The van der Waals surface area contributed by atoms with Crippen molar-refractivity contribution >= 4 is 11.3 Å². The van der Waals surface area contributed by atoms with Crippen LogP contribution in [0.3, 0.4) is 0 Å². The molecule has 0 aliphatic heterocycles. The van der Waals surface area contributed by atoms with Crippen molar-refractivity contribution in [1.82, 2.24) is 15.0 Å².